The van der Waals surface area contributed by atoms with Crippen LogP contribution in [0.15, 0.2) is 53.3 Å². The Bertz CT molecular complexity index is 1090. The van der Waals surface area contributed by atoms with Gasteiger partial charge in [-0.1, -0.05) is 42.0 Å². The second-order valence-corrected chi connectivity index (χ2v) is 6.27. The molecule has 0 radical (unpaired) electrons. The van der Waals surface area contributed by atoms with Gasteiger partial charge in [-0.05, 0) is 24.6 Å². The average molecular weight is 361 g/mol. The van der Waals surface area contributed by atoms with E-state index in [0.29, 0.717) is 10.9 Å². The van der Waals surface area contributed by atoms with Gasteiger partial charge in [-0.2, -0.15) is 5.26 Å². The number of nitriles is 1. The van der Waals surface area contributed by atoms with Crippen molar-refractivity contribution >= 4 is 16.8 Å². The molecule has 2 aromatic carbocycles. The predicted octanol–water partition coefficient (Wildman–Crippen LogP) is 2.86. The molecule has 0 unspecified atom stereocenters. The van der Waals surface area contributed by atoms with E-state index in [0.717, 1.165) is 11.1 Å². The van der Waals surface area contributed by atoms with E-state index in [1.165, 1.54) is 4.57 Å². The number of amides is 1. The van der Waals surface area contributed by atoms with Gasteiger partial charge >= 0.3 is 0 Å². The van der Waals surface area contributed by atoms with Crippen LogP contribution in [-0.4, -0.2) is 15.6 Å². The Morgan fingerprint density at radius 2 is 1.89 bits per heavy atom. The Labute approximate surface area is 156 Å². The number of carbonyl (C=O) groups is 1. The third-order valence-electron chi connectivity index (χ3n) is 4.39. The lowest BCUT2D eigenvalue weighted by molar-refractivity contribution is 0.0946. The van der Waals surface area contributed by atoms with E-state index in [4.69, 9.17) is 5.26 Å². The molecule has 0 aliphatic rings. The Balaban J connectivity index is 1.99. The maximum atomic E-state index is 12.8. The summed E-state index contributed by atoms with van der Waals surface area (Å²) in [6.45, 7) is 2.36. The highest BCUT2D eigenvalue weighted by Crippen LogP contribution is 2.26. The molecule has 27 heavy (non-hydrogen) atoms. The first-order valence-corrected chi connectivity index (χ1v) is 8.58. The second kappa shape index (κ2) is 7.75. The van der Waals surface area contributed by atoms with Crippen molar-refractivity contribution in [3.8, 4) is 11.8 Å². The quantitative estimate of drug-likeness (QED) is 0.730. The molecule has 136 valence electrons. The summed E-state index contributed by atoms with van der Waals surface area (Å²) >= 11 is 0. The molecule has 0 saturated carbocycles. The first-order chi connectivity index (χ1) is 13.0. The molecule has 0 aliphatic carbocycles. The summed E-state index contributed by atoms with van der Waals surface area (Å²) in [6, 6.07) is 16.4. The fraction of sp³-hybridized carbons (Fsp3) is 0.190. The van der Waals surface area contributed by atoms with Crippen LogP contribution in [0.2, 0.25) is 0 Å². The van der Waals surface area contributed by atoms with Crippen LogP contribution in [0.4, 0.5) is 0 Å². The van der Waals surface area contributed by atoms with Crippen LogP contribution in [0.25, 0.3) is 10.9 Å². The molecular formula is C21H19N3O3. The maximum absolute atomic E-state index is 12.8. The molecule has 1 amide bonds. The standard InChI is InChI=1S/C21H19N3O3/c1-14-7-9-15(10-8-14)13-23-20(26)18-19(25)16-5-2-3-6-17(16)24(21(18)27)12-4-11-22/h2-3,5-10,25H,4,12-13H2,1H3,(H,23,26). The maximum Gasteiger partial charge on any atom is 0.267 e. The lowest BCUT2D eigenvalue weighted by atomic mass is 10.1. The molecule has 0 atom stereocenters. The van der Waals surface area contributed by atoms with E-state index in [9.17, 15) is 14.7 Å². The summed E-state index contributed by atoms with van der Waals surface area (Å²) < 4.78 is 1.36. The van der Waals surface area contributed by atoms with E-state index in [1.54, 1.807) is 24.3 Å². The topological polar surface area (TPSA) is 95.1 Å². The molecule has 6 heteroatoms. The minimum absolute atomic E-state index is 0.124. The number of aromatic nitrogens is 1. The minimum atomic E-state index is -0.644. The van der Waals surface area contributed by atoms with Crippen molar-refractivity contribution in [3.05, 3.63) is 75.6 Å². The number of nitrogens with one attached hydrogen (secondary N) is 1. The number of benzene rings is 2. The molecule has 0 spiro atoms. The number of carbonyl (C=O) groups excluding carboxylic acids is 1. The first-order valence-electron chi connectivity index (χ1n) is 8.58. The average Bonchev–Trinajstić information content (AvgIpc) is 2.67. The number of aryl methyl sites for hydroxylation is 2. The van der Waals surface area contributed by atoms with Gasteiger partial charge in [-0.3, -0.25) is 9.59 Å². The van der Waals surface area contributed by atoms with Crippen LogP contribution in [0, 0.1) is 18.3 Å². The Kier molecular flexibility index (Phi) is 5.23. The van der Waals surface area contributed by atoms with Gasteiger partial charge in [0.2, 0.25) is 0 Å². The van der Waals surface area contributed by atoms with Crippen molar-refractivity contribution in [3.63, 3.8) is 0 Å². The highest BCUT2D eigenvalue weighted by Gasteiger charge is 2.21. The third-order valence-corrected chi connectivity index (χ3v) is 4.39. The molecule has 3 rings (SSSR count). The van der Waals surface area contributed by atoms with Crippen molar-refractivity contribution in [2.45, 2.75) is 26.4 Å². The van der Waals surface area contributed by atoms with Crippen LogP contribution in [-0.2, 0) is 13.1 Å². The predicted molar refractivity (Wildman–Crippen MR) is 102 cm³/mol. The van der Waals surface area contributed by atoms with Gasteiger partial charge in [0.1, 0.15) is 11.3 Å². The second-order valence-electron chi connectivity index (χ2n) is 6.27. The molecule has 1 heterocycles. The monoisotopic (exact) mass is 361 g/mol. The number of pyridine rings is 1. The molecule has 2 N–H and O–H groups in total. The molecule has 6 nitrogen and oxygen atoms in total. The number of fused-ring (bicyclic) bond motifs is 1. The molecule has 0 saturated heterocycles. The number of hydrogen-bond acceptors (Lipinski definition) is 4. The molecule has 1 aromatic heterocycles. The highest BCUT2D eigenvalue weighted by molar-refractivity contribution is 6.02. The van der Waals surface area contributed by atoms with Crippen molar-refractivity contribution in [1.29, 1.82) is 5.26 Å². The first kappa shape index (κ1) is 18.2. The van der Waals surface area contributed by atoms with Gasteiger partial charge in [-0.25, -0.2) is 0 Å². The summed E-state index contributed by atoms with van der Waals surface area (Å²) in [7, 11) is 0. The fourth-order valence-electron chi connectivity index (χ4n) is 2.95. The van der Waals surface area contributed by atoms with E-state index < -0.39 is 11.5 Å². The van der Waals surface area contributed by atoms with E-state index in [1.807, 2.05) is 37.3 Å². The number of nitrogens with zero attached hydrogens (tertiary/aromatic N) is 2. The Morgan fingerprint density at radius 1 is 1.19 bits per heavy atom. The summed E-state index contributed by atoms with van der Waals surface area (Å²) in [6.07, 6.45) is 0.124. The van der Waals surface area contributed by atoms with Gasteiger partial charge in [0, 0.05) is 18.5 Å². The number of para-hydroxylation sites is 1. The van der Waals surface area contributed by atoms with Crippen molar-refractivity contribution in [1.82, 2.24) is 9.88 Å². The lowest BCUT2D eigenvalue weighted by Crippen LogP contribution is -2.33. The molecule has 0 aliphatic heterocycles. The highest BCUT2D eigenvalue weighted by atomic mass is 16.3. The van der Waals surface area contributed by atoms with Crippen LogP contribution < -0.4 is 10.9 Å². The lowest BCUT2D eigenvalue weighted by Gasteiger charge is -2.14. The van der Waals surface area contributed by atoms with E-state index >= 15 is 0 Å². The molecule has 0 fully saturated rings. The van der Waals surface area contributed by atoms with E-state index in [2.05, 4.69) is 5.32 Å². The van der Waals surface area contributed by atoms with Crippen molar-refractivity contribution < 1.29 is 9.90 Å². The van der Waals surface area contributed by atoms with Crippen molar-refractivity contribution in [2.24, 2.45) is 0 Å². The van der Waals surface area contributed by atoms with Gasteiger partial charge in [0.15, 0.2) is 0 Å². The van der Waals surface area contributed by atoms with Gasteiger partial charge in [0.05, 0.1) is 18.0 Å². The summed E-state index contributed by atoms with van der Waals surface area (Å²) in [5.41, 5.74) is 1.57. The van der Waals surface area contributed by atoms with Gasteiger partial charge in [0.25, 0.3) is 11.5 Å². The van der Waals surface area contributed by atoms with Gasteiger partial charge < -0.3 is 15.0 Å². The Hall–Kier alpha value is -3.59. The number of hydrogen-bond donors (Lipinski definition) is 2. The normalized spacial score (nSPS) is 10.5. The van der Waals surface area contributed by atoms with Crippen LogP contribution in [0.3, 0.4) is 0 Å². The zero-order valence-electron chi connectivity index (χ0n) is 14.9. The number of aromatic hydroxyl groups is 1. The molecular weight excluding hydrogens is 342 g/mol. The van der Waals surface area contributed by atoms with Crippen molar-refractivity contribution in [2.75, 3.05) is 0 Å². The zero-order chi connectivity index (χ0) is 19.4. The Morgan fingerprint density at radius 3 is 2.59 bits per heavy atom. The smallest absolute Gasteiger partial charge is 0.267 e. The minimum Gasteiger partial charge on any atom is -0.506 e. The molecule has 0 bridgehead atoms. The largest absolute Gasteiger partial charge is 0.506 e. The summed E-state index contributed by atoms with van der Waals surface area (Å²) in [5.74, 6) is -0.986. The SMILES string of the molecule is Cc1ccc(CNC(=O)c2c(O)c3ccccc3n(CCC#N)c2=O)cc1. The molecule has 3 aromatic rings. The summed E-state index contributed by atoms with van der Waals surface area (Å²) in [5, 5.41) is 22.5. The summed E-state index contributed by atoms with van der Waals surface area (Å²) in [4.78, 5) is 25.5. The third kappa shape index (κ3) is 3.67. The van der Waals surface area contributed by atoms with Crippen LogP contribution in [0.5, 0.6) is 5.75 Å². The van der Waals surface area contributed by atoms with Crippen LogP contribution >= 0.6 is 0 Å². The van der Waals surface area contributed by atoms with E-state index in [-0.39, 0.29) is 30.8 Å². The number of rotatable bonds is 5. The zero-order valence-corrected chi connectivity index (χ0v) is 14.9. The van der Waals surface area contributed by atoms with Crippen LogP contribution in [0.1, 0.15) is 27.9 Å². The van der Waals surface area contributed by atoms with Gasteiger partial charge in [-0.15, -0.1) is 0 Å². The fourth-order valence-corrected chi connectivity index (χ4v) is 2.95.